The molecule has 0 atom stereocenters. The Bertz CT molecular complexity index is 685. The highest BCUT2D eigenvalue weighted by Crippen LogP contribution is 2.21. The fraction of sp³-hybridized carbons (Fsp3) is 0.562. The van der Waals surface area contributed by atoms with Gasteiger partial charge in [0.15, 0.2) is 11.8 Å². The summed E-state index contributed by atoms with van der Waals surface area (Å²) in [6.07, 6.45) is 1.36. The minimum absolute atomic E-state index is 0.189. The molecule has 1 aliphatic heterocycles. The van der Waals surface area contributed by atoms with E-state index in [2.05, 4.69) is 4.90 Å². The second-order valence-corrected chi connectivity index (χ2v) is 8.78. The molecule has 0 aromatic heterocycles. The number of piperazine rings is 1. The molecule has 7 heteroatoms. The van der Waals surface area contributed by atoms with Crippen molar-refractivity contribution in [1.29, 1.82) is 0 Å². The van der Waals surface area contributed by atoms with Crippen molar-refractivity contribution in [3.63, 3.8) is 0 Å². The lowest BCUT2D eigenvalue weighted by molar-refractivity contribution is -0.530. The molecule has 0 radical (unpaired) electrons. The molecule has 1 aromatic carbocycles. The summed E-state index contributed by atoms with van der Waals surface area (Å²) >= 11 is 0. The topological polar surface area (TPSA) is 66.7 Å². The van der Waals surface area contributed by atoms with Crippen molar-refractivity contribution in [3.8, 4) is 0 Å². The highest BCUT2D eigenvalue weighted by Gasteiger charge is 2.30. The van der Waals surface area contributed by atoms with Gasteiger partial charge in [-0.3, -0.25) is 0 Å². The quantitative estimate of drug-likeness (QED) is 0.361. The minimum atomic E-state index is -3.60. The van der Waals surface area contributed by atoms with Crippen molar-refractivity contribution in [1.82, 2.24) is 9.21 Å². The van der Waals surface area contributed by atoms with E-state index in [1.807, 2.05) is 7.05 Å². The van der Waals surface area contributed by atoms with Gasteiger partial charge >= 0.3 is 0 Å². The van der Waals surface area contributed by atoms with Gasteiger partial charge in [0, 0.05) is 47.0 Å². The number of hydrogen-bond acceptors (Lipinski definition) is 4. The summed E-state index contributed by atoms with van der Waals surface area (Å²) < 4.78 is 28.1. The number of sulfonamides is 1. The van der Waals surface area contributed by atoms with Crippen LogP contribution in [0.5, 0.6) is 0 Å². The van der Waals surface area contributed by atoms with E-state index in [9.17, 15) is 13.6 Å². The molecule has 1 fully saturated rings. The van der Waals surface area contributed by atoms with Crippen LogP contribution in [0.2, 0.25) is 0 Å². The highest BCUT2D eigenvalue weighted by atomic mass is 32.2. The zero-order valence-corrected chi connectivity index (χ0v) is 15.0. The number of rotatable bonds is 3. The summed E-state index contributed by atoms with van der Waals surface area (Å²) in [5.41, 5.74) is -0.193. The van der Waals surface area contributed by atoms with Crippen LogP contribution >= 0.6 is 0 Å². The molecule has 1 aromatic rings. The first-order chi connectivity index (χ1) is 10.6. The molecular weight excluding hydrogens is 314 g/mol. The molecule has 0 amide bonds. The largest absolute Gasteiger partial charge is 0.623 e. The molecule has 0 spiro atoms. The average Bonchev–Trinajstić information content (AvgIpc) is 2.47. The number of hydrogen-bond donors (Lipinski definition) is 0. The summed E-state index contributed by atoms with van der Waals surface area (Å²) in [5.74, 6) is 0. The lowest BCUT2D eigenvalue weighted by Crippen LogP contribution is -2.47. The first-order valence-corrected chi connectivity index (χ1v) is 9.15. The van der Waals surface area contributed by atoms with Crippen LogP contribution in [0.25, 0.3) is 0 Å². The van der Waals surface area contributed by atoms with Gasteiger partial charge in [-0.25, -0.2) is 13.2 Å². The molecule has 23 heavy (non-hydrogen) atoms. The van der Waals surface area contributed by atoms with Gasteiger partial charge in [-0.05, 0) is 19.2 Å². The molecule has 0 N–H and O–H groups in total. The van der Waals surface area contributed by atoms with Crippen LogP contribution in [-0.2, 0) is 10.0 Å². The second-order valence-electron chi connectivity index (χ2n) is 6.87. The third-order valence-electron chi connectivity index (χ3n) is 3.92. The Balaban J connectivity index is 2.40. The SMILES string of the molecule is CN1CCN(S(=O)(=O)c2ccccc2/C=[N+](\[O-])C(C)(C)C)CC1. The molecule has 0 aliphatic carbocycles. The Labute approximate surface area is 138 Å². The van der Waals surface area contributed by atoms with E-state index in [0.29, 0.717) is 31.7 Å². The molecule has 1 saturated heterocycles. The molecule has 1 heterocycles. The summed E-state index contributed by atoms with van der Waals surface area (Å²) in [5, 5.41) is 12.2. The molecule has 0 bridgehead atoms. The van der Waals surface area contributed by atoms with Gasteiger partial charge in [0.25, 0.3) is 0 Å². The third-order valence-corrected chi connectivity index (χ3v) is 5.89. The van der Waals surface area contributed by atoms with E-state index < -0.39 is 15.6 Å². The molecule has 0 saturated carbocycles. The van der Waals surface area contributed by atoms with Crippen LogP contribution in [-0.4, -0.2) is 67.3 Å². The summed E-state index contributed by atoms with van der Waals surface area (Å²) in [4.78, 5) is 2.29. The maximum atomic E-state index is 12.9. The van der Waals surface area contributed by atoms with Gasteiger partial charge in [0.05, 0.1) is 10.5 Å². The predicted molar refractivity (Wildman–Crippen MR) is 91.2 cm³/mol. The molecule has 1 aliphatic rings. The van der Waals surface area contributed by atoms with E-state index in [1.54, 1.807) is 45.0 Å². The Hall–Kier alpha value is -1.44. The first kappa shape index (κ1) is 17.9. The maximum Gasteiger partial charge on any atom is 0.243 e. The van der Waals surface area contributed by atoms with Crippen LogP contribution in [0.4, 0.5) is 0 Å². The zero-order valence-electron chi connectivity index (χ0n) is 14.2. The molecular formula is C16H25N3O3S. The Morgan fingerprint density at radius 3 is 2.26 bits per heavy atom. The molecule has 0 unspecified atom stereocenters. The van der Waals surface area contributed by atoms with Crippen LogP contribution in [0, 0.1) is 5.21 Å². The van der Waals surface area contributed by atoms with Crippen molar-refractivity contribution in [2.24, 2.45) is 0 Å². The Kier molecular flexibility index (Phi) is 5.13. The van der Waals surface area contributed by atoms with Crippen molar-refractivity contribution >= 4 is 16.2 Å². The Morgan fingerprint density at radius 2 is 1.70 bits per heavy atom. The zero-order chi connectivity index (χ0) is 17.3. The monoisotopic (exact) mass is 339 g/mol. The standard InChI is InChI=1S/C16H25N3O3S/c1-16(2,3)19(20)13-14-7-5-6-8-15(14)23(21,22)18-11-9-17(4)10-12-18/h5-8,13H,9-12H2,1-4H3/b19-13-. The summed E-state index contributed by atoms with van der Waals surface area (Å²) in [6.45, 7) is 7.71. The van der Waals surface area contributed by atoms with Gasteiger partial charge in [0.1, 0.15) is 0 Å². The van der Waals surface area contributed by atoms with E-state index in [4.69, 9.17) is 0 Å². The number of nitrogens with zero attached hydrogens (tertiary/aromatic N) is 3. The van der Waals surface area contributed by atoms with E-state index in [-0.39, 0.29) is 4.90 Å². The smallest absolute Gasteiger partial charge is 0.243 e. The van der Waals surface area contributed by atoms with Gasteiger partial charge in [-0.15, -0.1) is 0 Å². The molecule has 2 rings (SSSR count). The minimum Gasteiger partial charge on any atom is -0.623 e. The Morgan fingerprint density at radius 1 is 1.13 bits per heavy atom. The van der Waals surface area contributed by atoms with Crippen LogP contribution in [0.3, 0.4) is 0 Å². The van der Waals surface area contributed by atoms with Crippen LogP contribution in [0.1, 0.15) is 26.3 Å². The lowest BCUT2D eigenvalue weighted by atomic mass is 10.1. The molecule has 128 valence electrons. The van der Waals surface area contributed by atoms with Gasteiger partial charge in [0.2, 0.25) is 10.0 Å². The van der Waals surface area contributed by atoms with Crippen LogP contribution in [0.15, 0.2) is 29.2 Å². The van der Waals surface area contributed by atoms with E-state index >= 15 is 0 Å². The number of likely N-dealkylation sites (N-methyl/N-ethyl adjacent to an activating group) is 1. The second kappa shape index (κ2) is 6.59. The maximum absolute atomic E-state index is 12.9. The third kappa shape index (κ3) is 4.10. The van der Waals surface area contributed by atoms with E-state index in [1.165, 1.54) is 10.5 Å². The molecule has 6 nitrogen and oxygen atoms in total. The summed E-state index contributed by atoms with van der Waals surface area (Å²) in [6, 6.07) is 6.66. The van der Waals surface area contributed by atoms with Crippen molar-refractivity contribution in [3.05, 3.63) is 35.0 Å². The van der Waals surface area contributed by atoms with Gasteiger partial charge < -0.3 is 10.1 Å². The van der Waals surface area contributed by atoms with Crippen molar-refractivity contribution < 1.29 is 13.2 Å². The highest BCUT2D eigenvalue weighted by molar-refractivity contribution is 7.89. The first-order valence-electron chi connectivity index (χ1n) is 7.71. The fourth-order valence-corrected chi connectivity index (χ4v) is 3.90. The normalized spacial score (nSPS) is 19.0. The van der Waals surface area contributed by atoms with Crippen LogP contribution < -0.4 is 0 Å². The van der Waals surface area contributed by atoms with Crippen molar-refractivity contribution in [2.75, 3.05) is 33.2 Å². The number of hydroxylamine groups is 1. The van der Waals surface area contributed by atoms with Crippen molar-refractivity contribution in [2.45, 2.75) is 31.2 Å². The summed E-state index contributed by atoms with van der Waals surface area (Å²) in [7, 11) is -1.62. The van der Waals surface area contributed by atoms with Gasteiger partial charge in [-0.1, -0.05) is 12.1 Å². The number of benzene rings is 1. The fourth-order valence-electron chi connectivity index (χ4n) is 2.31. The van der Waals surface area contributed by atoms with Gasteiger partial charge in [-0.2, -0.15) is 4.31 Å². The average molecular weight is 339 g/mol. The predicted octanol–water partition coefficient (Wildman–Crippen LogP) is 1.35. The van der Waals surface area contributed by atoms with E-state index in [0.717, 1.165) is 4.74 Å². The lowest BCUT2D eigenvalue weighted by Gasteiger charge is -2.31.